The van der Waals surface area contributed by atoms with Gasteiger partial charge in [-0.25, -0.2) is 9.78 Å². The van der Waals surface area contributed by atoms with E-state index in [4.69, 9.17) is 4.74 Å². The molecule has 0 aliphatic heterocycles. The van der Waals surface area contributed by atoms with E-state index in [0.717, 1.165) is 10.8 Å². The van der Waals surface area contributed by atoms with E-state index in [1.807, 2.05) is 0 Å². The van der Waals surface area contributed by atoms with E-state index in [9.17, 15) is 19.7 Å². The van der Waals surface area contributed by atoms with Gasteiger partial charge in [0.1, 0.15) is 12.8 Å². The Labute approximate surface area is 129 Å². The first kappa shape index (κ1) is 17.3. The van der Waals surface area contributed by atoms with E-state index in [0.29, 0.717) is 24.8 Å². The molecule has 21 heavy (non-hydrogen) atoms. The van der Waals surface area contributed by atoms with E-state index in [1.165, 1.54) is 6.92 Å². The third-order valence-electron chi connectivity index (χ3n) is 2.72. The zero-order valence-corrected chi connectivity index (χ0v) is 13.2. The summed E-state index contributed by atoms with van der Waals surface area (Å²) in [6.45, 7) is 1.85. The van der Waals surface area contributed by atoms with Crippen molar-refractivity contribution in [2.24, 2.45) is 0 Å². The van der Waals surface area contributed by atoms with E-state index in [-0.39, 0.29) is 30.5 Å². The van der Waals surface area contributed by atoms with Crippen LogP contribution in [0.5, 0.6) is 0 Å². The SMILES string of the molecule is Cc1ncc([N+](=O)[O-])n1C(=O)CCCCC(=O)OCCBr. The number of aryl methyl sites for hydroxylation is 1. The largest absolute Gasteiger partial charge is 0.465 e. The maximum absolute atomic E-state index is 12.0. The summed E-state index contributed by atoms with van der Waals surface area (Å²) < 4.78 is 5.85. The average Bonchev–Trinajstić information content (AvgIpc) is 2.83. The molecule has 0 amide bonds. The lowest BCUT2D eigenvalue weighted by atomic mass is 10.2. The van der Waals surface area contributed by atoms with Crippen LogP contribution in [0.2, 0.25) is 0 Å². The van der Waals surface area contributed by atoms with Gasteiger partial charge in [0.25, 0.3) is 0 Å². The van der Waals surface area contributed by atoms with Crippen molar-refractivity contribution in [1.82, 2.24) is 9.55 Å². The van der Waals surface area contributed by atoms with Crippen molar-refractivity contribution < 1.29 is 19.2 Å². The number of halogens is 1. The number of ether oxygens (including phenoxy) is 1. The van der Waals surface area contributed by atoms with Crippen LogP contribution < -0.4 is 0 Å². The Kier molecular flexibility index (Phi) is 7.00. The van der Waals surface area contributed by atoms with Gasteiger partial charge in [0.15, 0.2) is 0 Å². The molecule has 116 valence electrons. The molecular weight excluding hydrogens is 346 g/mol. The number of hydrogen-bond donors (Lipinski definition) is 0. The minimum Gasteiger partial charge on any atom is -0.465 e. The van der Waals surface area contributed by atoms with Gasteiger partial charge in [0.2, 0.25) is 5.82 Å². The molecule has 0 bridgehead atoms. The molecule has 1 heterocycles. The summed E-state index contributed by atoms with van der Waals surface area (Å²) >= 11 is 3.14. The molecule has 0 radical (unpaired) electrons. The van der Waals surface area contributed by atoms with Crippen LogP contribution in [0, 0.1) is 17.0 Å². The van der Waals surface area contributed by atoms with Crippen molar-refractivity contribution in [3.8, 4) is 0 Å². The lowest BCUT2D eigenvalue weighted by molar-refractivity contribution is -0.390. The number of alkyl halides is 1. The van der Waals surface area contributed by atoms with Crippen molar-refractivity contribution >= 4 is 33.6 Å². The molecule has 0 fully saturated rings. The monoisotopic (exact) mass is 361 g/mol. The summed E-state index contributed by atoms with van der Waals surface area (Å²) in [5.74, 6) is -0.769. The van der Waals surface area contributed by atoms with Gasteiger partial charge in [-0.3, -0.25) is 4.79 Å². The molecule has 8 nitrogen and oxygen atoms in total. The summed E-state index contributed by atoms with van der Waals surface area (Å²) in [7, 11) is 0. The summed E-state index contributed by atoms with van der Waals surface area (Å²) in [4.78, 5) is 37.1. The highest BCUT2D eigenvalue weighted by molar-refractivity contribution is 9.09. The lowest BCUT2D eigenvalue weighted by Gasteiger charge is -2.03. The predicted octanol–water partition coefficient (Wildman–Crippen LogP) is 2.24. The first-order chi connectivity index (χ1) is 9.97. The first-order valence-corrected chi connectivity index (χ1v) is 7.53. The molecule has 1 aromatic heterocycles. The quantitative estimate of drug-likeness (QED) is 0.231. The fourth-order valence-electron chi connectivity index (χ4n) is 1.75. The standard InChI is InChI=1S/C12H16BrN3O5/c1-9-14-8-10(16(19)20)15(9)11(17)4-2-3-5-12(18)21-7-6-13/h8H,2-7H2,1H3. The summed E-state index contributed by atoms with van der Waals surface area (Å²) in [6.07, 6.45) is 2.35. The highest BCUT2D eigenvalue weighted by Gasteiger charge is 2.23. The first-order valence-electron chi connectivity index (χ1n) is 6.41. The van der Waals surface area contributed by atoms with Gasteiger partial charge in [-0.2, -0.15) is 0 Å². The Bertz CT molecular complexity index is 529. The van der Waals surface area contributed by atoms with E-state index >= 15 is 0 Å². The van der Waals surface area contributed by atoms with Gasteiger partial charge in [0.05, 0.1) is 6.42 Å². The molecular formula is C12H16BrN3O5. The molecule has 0 aliphatic rings. The molecule has 0 saturated carbocycles. The van der Waals surface area contributed by atoms with E-state index in [1.54, 1.807) is 0 Å². The van der Waals surface area contributed by atoms with Crippen molar-refractivity contribution in [3.63, 3.8) is 0 Å². The molecule has 1 rings (SSSR count). The zero-order valence-electron chi connectivity index (χ0n) is 11.6. The minimum atomic E-state index is -0.643. The van der Waals surface area contributed by atoms with Crippen LogP contribution in [0.3, 0.4) is 0 Å². The number of carbonyl (C=O) groups excluding carboxylic acids is 2. The summed E-state index contributed by atoms with van der Waals surface area (Å²) in [5, 5.41) is 11.4. The highest BCUT2D eigenvalue weighted by Crippen LogP contribution is 2.15. The van der Waals surface area contributed by atoms with Gasteiger partial charge in [-0.1, -0.05) is 15.9 Å². The topological polar surface area (TPSA) is 104 Å². The number of imidazole rings is 1. The predicted molar refractivity (Wildman–Crippen MR) is 77.5 cm³/mol. The number of unbranched alkanes of at least 4 members (excludes halogenated alkanes) is 1. The maximum Gasteiger partial charge on any atom is 0.350 e. The second-order valence-corrected chi connectivity index (χ2v) is 5.06. The molecule has 0 saturated heterocycles. The van der Waals surface area contributed by atoms with E-state index in [2.05, 4.69) is 20.9 Å². The third kappa shape index (κ3) is 5.25. The third-order valence-corrected chi connectivity index (χ3v) is 3.04. The van der Waals surface area contributed by atoms with Gasteiger partial charge < -0.3 is 14.9 Å². The highest BCUT2D eigenvalue weighted by atomic mass is 79.9. The van der Waals surface area contributed by atoms with Crippen molar-refractivity contribution in [2.45, 2.75) is 32.6 Å². The van der Waals surface area contributed by atoms with Gasteiger partial charge >= 0.3 is 17.7 Å². The van der Waals surface area contributed by atoms with Crippen molar-refractivity contribution in [1.29, 1.82) is 0 Å². The van der Waals surface area contributed by atoms with Crippen LogP contribution in [-0.2, 0) is 9.53 Å². The molecule has 0 unspecified atom stereocenters. The number of aromatic nitrogens is 2. The fraction of sp³-hybridized carbons (Fsp3) is 0.583. The van der Waals surface area contributed by atoms with Crippen LogP contribution in [0.25, 0.3) is 0 Å². The minimum absolute atomic E-state index is 0.115. The van der Waals surface area contributed by atoms with Crippen molar-refractivity contribution in [3.05, 3.63) is 22.1 Å². The second-order valence-electron chi connectivity index (χ2n) is 4.27. The number of nitrogens with zero attached hydrogens (tertiary/aromatic N) is 3. The Morgan fingerprint density at radius 2 is 2.10 bits per heavy atom. The fourth-order valence-corrected chi connectivity index (χ4v) is 1.91. The van der Waals surface area contributed by atoms with Crippen LogP contribution in [0.15, 0.2) is 6.20 Å². The van der Waals surface area contributed by atoms with Crippen molar-refractivity contribution in [2.75, 3.05) is 11.9 Å². The van der Waals surface area contributed by atoms with Crippen LogP contribution >= 0.6 is 15.9 Å². The average molecular weight is 362 g/mol. The zero-order chi connectivity index (χ0) is 15.8. The molecule has 0 aliphatic carbocycles. The van der Waals surface area contributed by atoms with Gasteiger partial charge in [-0.15, -0.1) is 4.57 Å². The number of nitro groups is 1. The summed E-state index contributed by atoms with van der Waals surface area (Å²) in [5.41, 5.74) is 0. The van der Waals surface area contributed by atoms with Crippen LogP contribution in [0.4, 0.5) is 5.82 Å². The second kappa shape index (κ2) is 8.50. The number of rotatable bonds is 8. The smallest absolute Gasteiger partial charge is 0.350 e. The molecule has 1 aromatic rings. The Morgan fingerprint density at radius 3 is 2.71 bits per heavy atom. The Morgan fingerprint density at radius 1 is 1.43 bits per heavy atom. The Hall–Kier alpha value is -1.77. The molecule has 0 spiro atoms. The molecule has 0 aromatic carbocycles. The van der Waals surface area contributed by atoms with Crippen LogP contribution in [0.1, 0.15) is 36.3 Å². The van der Waals surface area contributed by atoms with E-state index < -0.39 is 10.8 Å². The maximum atomic E-state index is 12.0. The van der Waals surface area contributed by atoms with Crippen LogP contribution in [-0.4, -0.2) is 38.3 Å². The Balaban J connectivity index is 2.43. The van der Waals surface area contributed by atoms with Gasteiger partial charge in [0, 0.05) is 18.7 Å². The number of carbonyl (C=O) groups is 2. The molecule has 9 heteroatoms. The van der Waals surface area contributed by atoms with Gasteiger partial charge in [-0.05, 0) is 17.8 Å². The lowest BCUT2D eigenvalue weighted by Crippen LogP contribution is -2.15. The molecule has 0 atom stereocenters. The number of hydrogen-bond acceptors (Lipinski definition) is 6. The normalized spacial score (nSPS) is 10.4. The number of esters is 1. The molecule has 0 N–H and O–H groups in total. The summed E-state index contributed by atoms with van der Waals surface area (Å²) in [6, 6.07) is 0.